The number of hydrogen-bond acceptors (Lipinski definition) is 5. The molecular weight excluding hydrogens is 294 g/mol. The van der Waals surface area contributed by atoms with E-state index in [1.54, 1.807) is 6.07 Å². The van der Waals surface area contributed by atoms with E-state index in [0.717, 1.165) is 13.1 Å². The topological polar surface area (TPSA) is 48.0 Å². The van der Waals surface area contributed by atoms with Crippen LogP contribution in [0, 0.1) is 0 Å². The lowest BCUT2D eigenvalue weighted by molar-refractivity contribution is -0.0652. The fraction of sp³-hybridized carbons (Fsp3) is 0.611. The monoisotopic (exact) mass is 321 g/mol. The van der Waals surface area contributed by atoms with Crippen LogP contribution in [-0.4, -0.2) is 55.7 Å². The Morgan fingerprint density at radius 1 is 1.13 bits per heavy atom. The predicted molar refractivity (Wildman–Crippen MR) is 89.6 cm³/mol. The molecule has 1 aromatic carbocycles. The summed E-state index contributed by atoms with van der Waals surface area (Å²) in [7, 11) is 0. The van der Waals surface area contributed by atoms with Crippen LogP contribution >= 0.6 is 0 Å². The molecule has 1 heterocycles. The Morgan fingerprint density at radius 2 is 1.74 bits per heavy atom. The summed E-state index contributed by atoms with van der Waals surface area (Å²) in [6.45, 7) is 11.0. The van der Waals surface area contributed by atoms with E-state index < -0.39 is 0 Å². The molecule has 0 N–H and O–H groups in total. The highest BCUT2D eigenvalue weighted by molar-refractivity contribution is 5.98. The summed E-state index contributed by atoms with van der Waals surface area (Å²) < 4.78 is 16.8. The molecule has 0 aliphatic carbocycles. The molecule has 0 spiro atoms. The zero-order valence-electron chi connectivity index (χ0n) is 14.5. The molecule has 0 aromatic heterocycles. The van der Waals surface area contributed by atoms with Gasteiger partial charge in [-0.25, -0.2) is 0 Å². The maximum Gasteiger partial charge on any atom is 0.176 e. The number of benzene rings is 1. The molecule has 5 heteroatoms. The van der Waals surface area contributed by atoms with Crippen LogP contribution in [-0.2, 0) is 4.74 Å². The molecule has 1 fully saturated rings. The summed E-state index contributed by atoms with van der Waals surface area (Å²) >= 11 is 0. The molecule has 0 bridgehead atoms. The van der Waals surface area contributed by atoms with Crippen molar-refractivity contribution in [2.75, 3.05) is 32.8 Å². The molecule has 1 saturated heterocycles. The van der Waals surface area contributed by atoms with Crippen molar-refractivity contribution in [2.45, 2.75) is 39.9 Å². The lowest BCUT2D eigenvalue weighted by Gasteiger charge is -2.34. The molecule has 128 valence electrons. The van der Waals surface area contributed by atoms with Crippen LogP contribution < -0.4 is 9.47 Å². The van der Waals surface area contributed by atoms with E-state index in [1.165, 1.54) is 0 Å². The van der Waals surface area contributed by atoms with Crippen molar-refractivity contribution in [1.29, 1.82) is 0 Å². The summed E-state index contributed by atoms with van der Waals surface area (Å²) in [5.41, 5.74) is 0.656. The number of Topliss-reactive ketones (excluding diaryl/α,β-unsaturated/α-hetero) is 1. The molecule has 5 nitrogen and oxygen atoms in total. The Labute approximate surface area is 138 Å². The van der Waals surface area contributed by atoms with E-state index in [4.69, 9.17) is 14.2 Å². The summed E-state index contributed by atoms with van der Waals surface area (Å²) in [4.78, 5) is 14.7. The molecule has 2 rings (SSSR count). The Hall–Kier alpha value is -1.59. The van der Waals surface area contributed by atoms with Crippen LogP contribution in [0.4, 0.5) is 0 Å². The van der Waals surface area contributed by atoms with E-state index in [0.29, 0.717) is 36.8 Å². The third kappa shape index (κ3) is 4.94. The molecule has 0 amide bonds. The fourth-order valence-corrected chi connectivity index (χ4v) is 2.93. The van der Waals surface area contributed by atoms with Gasteiger partial charge in [-0.15, -0.1) is 0 Å². The van der Waals surface area contributed by atoms with Crippen molar-refractivity contribution in [1.82, 2.24) is 4.90 Å². The van der Waals surface area contributed by atoms with Crippen molar-refractivity contribution < 1.29 is 19.0 Å². The summed E-state index contributed by atoms with van der Waals surface area (Å²) in [5.74, 6) is 1.40. The van der Waals surface area contributed by atoms with Gasteiger partial charge in [-0.1, -0.05) is 0 Å². The van der Waals surface area contributed by atoms with E-state index in [1.807, 2.05) is 39.8 Å². The third-order valence-electron chi connectivity index (χ3n) is 3.73. The average Bonchev–Trinajstić information content (AvgIpc) is 2.48. The molecule has 2 atom stereocenters. The van der Waals surface area contributed by atoms with Crippen LogP contribution in [0.25, 0.3) is 0 Å². The van der Waals surface area contributed by atoms with Crippen LogP contribution in [0.2, 0.25) is 0 Å². The number of ketones is 1. The minimum Gasteiger partial charge on any atom is -0.490 e. The second-order valence-corrected chi connectivity index (χ2v) is 5.90. The van der Waals surface area contributed by atoms with Gasteiger partial charge in [0.15, 0.2) is 17.3 Å². The van der Waals surface area contributed by atoms with Gasteiger partial charge in [0.1, 0.15) is 0 Å². The minimum atomic E-state index is 0.0929. The highest BCUT2D eigenvalue weighted by Gasteiger charge is 2.24. The first-order valence-corrected chi connectivity index (χ1v) is 8.34. The number of nitrogens with zero attached hydrogens (tertiary/aromatic N) is 1. The Morgan fingerprint density at radius 3 is 2.35 bits per heavy atom. The SMILES string of the molecule is CCOc1ccc(C(=O)CN2CC(C)OC(C)C2)cc1OCC. The molecule has 1 aromatic rings. The zero-order chi connectivity index (χ0) is 16.8. The van der Waals surface area contributed by atoms with Gasteiger partial charge >= 0.3 is 0 Å². The molecule has 2 unspecified atom stereocenters. The number of rotatable bonds is 7. The zero-order valence-corrected chi connectivity index (χ0v) is 14.5. The van der Waals surface area contributed by atoms with Crippen molar-refractivity contribution in [3.05, 3.63) is 23.8 Å². The number of carbonyl (C=O) groups excluding carboxylic acids is 1. The first-order chi connectivity index (χ1) is 11.0. The summed E-state index contributed by atoms with van der Waals surface area (Å²) in [6, 6.07) is 5.40. The molecule has 1 aliphatic rings. The normalized spacial score (nSPS) is 21.9. The van der Waals surface area contributed by atoms with Gasteiger partial charge in [0.25, 0.3) is 0 Å². The average molecular weight is 321 g/mol. The maximum atomic E-state index is 12.6. The van der Waals surface area contributed by atoms with Gasteiger partial charge in [-0.05, 0) is 45.9 Å². The highest BCUT2D eigenvalue weighted by atomic mass is 16.5. The largest absolute Gasteiger partial charge is 0.490 e. The first-order valence-electron chi connectivity index (χ1n) is 8.34. The second-order valence-electron chi connectivity index (χ2n) is 5.90. The predicted octanol–water partition coefficient (Wildman–Crippen LogP) is 2.78. The van der Waals surface area contributed by atoms with Crippen LogP contribution in [0.5, 0.6) is 11.5 Å². The smallest absolute Gasteiger partial charge is 0.176 e. The van der Waals surface area contributed by atoms with Gasteiger partial charge in [0.2, 0.25) is 0 Å². The quantitative estimate of drug-likeness (QED) is 0.723. The second kappa shape index (κ2) is 8.31. The minimum absolute atomic E-state index is 0.0929. The van der Waals surface area contributed by atoms with Gasteiger partial charge in [-0.3, -0.25) is 9.69 Å². The van der Waals surface area contributed by atoms with Crippen LogP contribution in [0.3, 0.4) is 0 Å². The standard InChI is InChI=1S/C18H27NO4/c1-5-21-17-8-7-15(9-18(17)22-6-2)16(20)12-19-10-13(3)23-14(4)11-19/h7-9,13-14H,5-6,10-12H2,1-4H3. The Kier molecular flexibility index (Phi) is 6.42. The fourth-order valence-electron chi connectivity index (χ4n) is 2.93. The molecule has 0 radical (unpaired) electrons. The van der Waals surface area contributed by atoms with Crippen LogP contribution in [0.1, 0.15) is 38.1 Å². The van der Waals surface area contributed by atoms with E-state index >= 15 is 0 Å². The highest BCUT2D eigenvalue weighted by Crippen LogP contribution is 2.29. The third-order valence-corrected chi connectivity index (χ3v) is 3.73. The van der Waals surface area contributed by atoms with Gasteiger partial charge < -0.3 is 14.2 Å². The van der Waals surface area contributed by atoms with E-state index in [9.17, 15) is 4.79 Å². The number of morpholine rings is 1. The number of carbonyl (C=O) groups is 1. The van der Waals surface area contributed by atoms with Crippen molar-refractivity contribution >= 4 is 5.78 Å². The Bertz CT molecular complexity index is 522. The lowest BCUT2D eigenvalue weighted by atomic mass is 10.1. The van der Waals surface area contributed by atoms with Crippen molar-refractivity contribution in [3.8, 4) is 11.5 Å². The van der Waals surface area contributed by atoms with Crippen LogP contribution in [0.15, 0.2) is 18.2 Å². The maximum absolute atomic E-state index is 12.6. The van der Waals surface area contributed by atoms with Gasteiger partial charge in [-0.2, -0.15) is 0 Å². The number of hydrogen-bond donors (Lipinski definition) is 0. The van der Waals surface area contributed by atoms with Gasteiger partial charge in [0, 0.05) is 18.7 Å². The van der Waals surface area contributed by atoms with Crippen molar-refractivity contribution in [2.24, 2.45) is 0 Å². The molecular formula is C18H27NO4. The van der Waals surface area contributed by atoms with Crippen molar-refractivity contribution in [3.63, 3.8) is 0 Å². The van der Waals surface area contributed by atoms with E-state index in [2.05, 4.69) is 4.90 Å². The molecule has 1 aliphatic heterocycles. The molecule has 23 heavy (non-hydrogen) atoms. The van der Waals surface area contributed by atoms with E-state index in [-0.39, 0.29) is 18.0 Å². The lowest BCUT2D eigenvalue weighted by Crippen LogP contribution is -2.47. The molecule has 0 saturated carbocycles. The number of ether oxygens (including phenoxy) is 3. The summed E-state index contributed by atoms with van der Waals surface area (Å²) in [6.07, 6.45) is 0.316. The summed E-state index contributed by atoms with van der Waals surface area (Å²) in [5, 5.41) is 0. The Balaban J connectivity index is 2.07. The first kappa shape index (κ1) is 17.8. The van der Waals surface area contributed by atoms with Gasteiger partial charge in [0.05, 0.1) is 32.0 Å².